The van der Waals surface area contributed by atoms with Gasteiger partial charge in [-0.05, 0) is 35.7 Å². The third-order valence-corrected chi connectivity index (χ3v) is 3.53. The minimum Gasteiger partial charge on any atom is -0.326 e. The van der Waals surface area contributed by atoms with Crippen LogP contribution >= 0.6 is 0 Å². The number of hydrogen-bond donors (Lipinski definition) is 3. The maximum absolute atomic E-state index is 13.9. The first-order valence-corrected chi connectivity index (χ1v) is 7.44. The number of rotatable bonds is 3. The summed E-state index contributed by atoms with van der Waals surface area (Å²) in [5.41, 5.74) is -0.162. The number of halogens is 1. The van der Waals surface area contributed by atoms with Crippen LogP contribution in [0.1, 0.15) is 17.4 Å². The van der Waals surface area contributed by atoms with Crippen LogP contribution in [0.5, 0.6) is 0 Å². The van der Waals surface area contributed by atoms with Gasteiger partial charge >= 0.3 is 0 Å². The molecule has 1 aromatic heterocycles. The average molecular weight is 339 g/mol. The van der Waals surface area contributed by atoms with E-state index < -0.39 is 17.3 Å². The summed E-state index contributed by atoms with van der Waals surface area (Å²) in [7, 11) is 0. The number of fused-ring (bicyclic) bond motifs is 1. The maximum Gasteiger partial charge on any atom is 0.272 e. The molecule has 3 aromatic rings. The third kappa shape index (κ3) is 3.55. The van der Waals surface area contributed by atoms with Crippen LogP contribution in [0.25, 0.3) is 10.8 Å². The fraction of sp³-hybridized carbons (Fsp3) is 0.0556. The Morgan fingerprint density at radius 2 is 1.80 bits per heavy atom. The van der Waals surface area contributed by atoms with Crippen molar-refractivity contribution in [2.75, 3.05) is 10.6 Å². The van der Waals surface area contributed by atoms with Gasteiger partial charge in [0.2, 0.25) is 5.91 Å². The Balaban J connectivity index is 1.92. The van der Waals surface area contributed by atoms with Crippen LogP contribution in [0.3, 0.4) is 0 Å². The van der Waals surface area contributed by atoms with Crippen LogP contribution in [0.2, 0.25) is 0 Å². The molecule has 0 radical (unpaired) electrons. The van der Waals surface area contributed by atoms with E-state index in [1.807, 2.05) is 0 Å². The fourth-order valence-corrected chi connectivity index (χ4v) is 2.42. The predicted octanol–water partition coefficient (Wildman–Crippen LogP) is 2.88. The van der Waals surface area contributed by atoms with E-state index in [9.17, 15) is 18.8 Å². The van der Waals surface area contributed by atoms with Crippen molar-refractivity contribution >= 4 is 34.0 Å². The molecule has 126 valence electrons. The quantitative estimate of drug-likeness (QED) is 0.685. The Morgan fingerprint density at radius 1 is 1.04 bits per heavy atom. The van der Waals surface area contributed by atoms with Crippen LogP contribution < -0.4 is 16.2 Å². The van der Waals surface area contributed by atoms with Crippen molar-refractivity contribution in [2.45, 2.75) is 6.92 Å². The molecule has 0 aliphatic rings. The molecule has 0 saturated heterocycles. The molecular weight excluding hydrogens is 325 g/mol. The summed E-state index contributed by atoms with van der Waals surface area (Å²) in [5, 5.41) is 5.96. The summed E-state index contributed by atoms with van der Waals surface area (Å²) in [4.78, 5) is 38.0. The van der Waals surface area contributed by atoms with E-state index in [4.69, 9.17) is 0 Å². The second-order valence-electron chi connectivity index (χ2n) is 5.43. The molecule has 7 heteroatoms. The number of anilines is 2. The molecule has 1 heterocycles. The Bertz CT molecular complexity index is 1040. The first-order valence-electron chi connectivity index (χ1n) is 7.44. The lowest BCUT2D eigenvalue weighted by atomic mass is 10.1. The highest BCUT2D eigenvalue weighted by Crippen LogP contribution is 2.20. The van der Waals surface area contributed by atoms with Crippen molar-refractivity contribution in [1.29, 1.82) is 0 Å². The number of nitrogens with one attached hydrogen (secondary N) is 3. The molecule has 0 unspecified atom stereocenters. The summed E-state index contributed by atoms with van der Waals surface area (Å²) in [5.74, 6) is -1.64. The molecule has 0 aliphatic carbocycles. The molecule has 0 saturated carbocycles. The van der Waals surface area contributed by atoms with Crippen molar-refractivity contribution in [3.05, 3.63) is 70.4 Å². The van der Waals surface area contributed by atoms with Crippen molar-refractivity contribution in [3.63, 3.8) is 0 Å². The van der Waals surface area contributed by atoms with Gasteiger partial charge in [-0.15, -0.1) is 0 Å². The maximum atomic E-state index is 13.9. The van der Waals surface area contributed by atoms with Gasteiger partial charge in [0.25, 0.3) is 11.5 Å². The van der Waals surface area contributed by atoms with Crippen LogP contribution in [0.15, 0.2) is 53.3 Å². The number of carbonyl (C=O) groups is 2. The lowest BCUT2D eigenvalue weighted by Gasteiger charge is -2.09. The van der Waals surface area contributed by atoms with Gasteiger partial charge in [0.1, 0.15) is 11.5 Å². The molecule has 0 bridgehead atoms. The second-order valence-corrected chi connectivity index (χ2v) is 5.43. The minimum atomic E-state index is -0.665. The summed E-state index contributed by atoms with van der Waals surface area (Å²) < 4.78 is 13.9. The van der Waals surface area contributed by atoms with E-state index in [1.54, 1.807) is 24.3 Å². The molecule has 0 atom stereocenters. The fourth-order valence-electron chi connectivity index (χ4n) is 2.42. The van der Waals surface area contributed by atoms with E-state index in [0.29, 0.717) is 16.5 Å². The highest BCUT2D eigenvalue weighted by Gasteiger charge is 2.13. The number of aromatic amines is 1. The summed E-state index contributed by atoms with van der Waals surface area (Å²) in [6, 6.07) is 12.1. The van der Waals surface area contributed by atoms with Gasteiger partial charge in [0, 0.05) is 18.0 Å². The summed E-state index contributed by atoms with van der Waals surface area (Å²) in [6.07, 6.45) is 0. The molecule has 2 amide bonds. The molecule has 0 spiro atoms. The SMILES string of the molecule is CC(=O)Nc1ccc(F)c(NC(=O)c2cc3ccccc3c(=O)[nH]2)c1. The minimum absolute atomic E-state index is 0.00744. The molecule has 25 heavy (non-hydrogen) atoms. The molecular formula is C18H14FN3O3. The first-order chi connectivity index (χ1) is 11.9. The van der Waals surface area contributed by atoms with E-state index >= 15 is 0 Å². The van der Waals surface area contributed by atoms with Crippen molar-refractivity contribution in [3.8, 4) is 0 Å². The number of pyridine rings is 1. The summed E-state index contributed by atoms with van der Waals surface area (Å²) in [6.45, 7) is 1.32. The summed E-state index contributed by atoms with van der Waals surface area (Å²) >= 11 is 0. The highest BCUT2D eigenvalue weighted by molar-refractivity contribution is 6.05. The molecule has 0 fully saturated rings. The van der Waals surface area contributed by atoms with Gasteiger partial charge < -0.3 is 15.6 Å². The molecule has 3 N–H and O–H groups in total. The van der Waals surface area contributed by atoms with Crippen molar-refractivity contribution in [1.82, 2.24) is 4.98 Å². The average Bonchev–Trinajstić information content (AvgIpc) is 2.57. The second kappa shape index (κ2) is 6.56. The number of carbonyl (C=O) groups excluding carboxylic acids is 2. The van der Waals surface area contributed by atoms with E-state index in [-0.39, 0.29) is 17.3 Å². The Hall–Kier alpha value is -3.48. The van der Waals surface area contributed by atoms with E-state index in [1.165, 1.54) is 25.1 Å². The van der Waals surface area contributed by atoms with Crippen LogP contribution in [0, 0.1) is 5.82 Å². The largest absolute Gasteiger partial charge is 0.326 e. The van der Waals surface area contributed by atoms with Gasteiger partial charge in [-0.3, -0.25) is 14.4 Å². The normalized spacial score (nSPS) is 10.5. The van der Waals surface area contributed by atoms with Crippen LogP contribution in [-0.4, -0.2) is 16.8 Å². The van der Waals surface area contributed by atoms with Crippen LogP contribution in [0.4, 0.5) is 15.8 Å². The smallest absolute Gasteiger partial charge is 0.272 e. The van der Waals surface area contributed by atoms with E-state index in [0.717, 1.165) is 6.07 Å². The zero-order valence-corrected chi connectivity index (χ0v) is 13.2. The van der Waals surface area contributed by atoms with Gasteiger partial charge in [0.05, 0.1) is 5.69 Å². The Morgan fingerprint density at radius 3 is 2.56 bits per heavy atom. The van der Waals surface area contributed by atoms with Gasteiger partial charge in [-0.25, -0.2) is 4.39 Å². The van der Waals surface area contributed by atoms with Gasteiger partial charge in [-0.2, -0.15) is 0 Å². The molecule has 3 rings (SSSR count). The molecule has 6 nitrogen and oxygen atoms in total. The zero-order valence-electron chi connectivity index (χ0n) is 13.2. The van der Waals surface area contributed by atoms with Gasteiger partial charge in [0.15, 0.2) is 0 Å². The third-order valence-electron chi connectivity index (χ3n) is 3.53. The van der Waals surface area contributed by atoms with Crippen LogP contribution in [-0.2, 0) is 4.79 Å². The predicted molar refractivity (Wildman–Crippen MR) is 93.2 cm³/mol. The number of hydrogen-bond acceptors (Lipinski definition) is 3. The first kappa shape index (κ1) is 16.4. The Kier molecular flexibility index (Phi) is 4.30. The van der Waals surface area contributed by atoms with Crippen molar-refractivity contribution < 1.29 is 14.0 Å². The van der Waals surface area contributed by atoms with E-state index in [2.05, 4.69) is 15.6 Å². The van der Waals surface area contributed by atoms with Gasteiger partial charge in [-0.1, -0.05) is 18.2 Å². The molecule has 2 aromatic carbocycles. The number of amides is 2. The lowest BCUT2D eigenvalue weighted by molar-refractivity contribution is -0.114. The highest BCUT2D eigenvalue weighted by atomic mass is 19.1. The lowest BCUT2D eigenvalue weighted by Crippen LogP contribution is -2.19. The molecule has 0 aliphatic heterocycles. The zero-order chi connectivity index (χ0) is 18.0. The number of aromatic nitrogens is 1. The standard InChI is InChI=1S/C18H14FN3O3/c1-10(23)20-12-6-7-14(19)15(9-12)21-18(25)16-8-11-4-2-3-5-13(11)17(24)22-16/h2-9H,1H3,(H,20,23)(H,21,25)(H,22,24). The monoisotopic (exact) mass is 339 g/mol. The Labute approximate surface area is 141 Å². The van der Waals surface area contributed by atoms with Crippen molar-refractivity contribution in [2.24, 2.45) is 0 Å². The number of benzene rings is 2. The number of H-pyrrole nitrogens is 1. The topological polar surface area (TPSA) is 91.1 Å².